The van der Waals surface area contributed by atoms with E-state index in [1.165, 1.54) is 0 Å². The maximum absolute atomic E-state index is 11.8. The summed E-state index contributed by atoms with van der Waals surface area (Å²) >= 11 is 1.65. The summed E-state index contributed by atoms with van der Waals surface area (Å²) in [6.45, 7) is 4.97. The zero-order chi connectivity index (χ0) is 12.0. The van der Waals surface area contributed by atoms with Gasteiger partial charge in [-0.3, -0.25) is 4.79 Å². The van der Waals surface area contributed by atoms with Crippen molar-refractivity contribution in [2.75, 3.05) is 6.54 Å². The molecule has 1 atom stereocenters. The monoisotopic (exact) mass is 239 g/mol. The molecule has 2 nitrogen and oxygen atoms in total. The van der Waals surface area contributed by atoms with Crippen molar-refractivity contribution in [1.82, 2.24) is 0 Å². The minimum Gasteiger partial charge on any atom is -0.330 e. The van der Waals surface area contributed by atoms with Gasteiger partial charge >= 0.3 is 0 Å². The molecule has 16 heavy (non-hydrogen) atoms. The number of nitrogens with two attached hydrogens (primary N) is 1. The molecule has 90 valence electrons. The molecular weight excluding hydrogens is 218 g/mol. The van der Waals surface area contributed by atoms with Crippen LogP contribution < -0.4 is 5.73 Å². The molecular formula is C13H21NOS. The van der Waals surface area contributed by atoms with Gasteiger partial charge < -0.3 is 5.73 Å². The quantitative estimate of drug-likeness (QED) is 0.795. The van der Waals surface area contributed by atoms with Gasteiger partial charge in [0, 0.05) is 17.7 Å². The fourth-order valence-corrected chi connectivity index (χ4v) is 2.66. The van der Waals surface area contributed by atoms with Gasteiger partial charge in [-0.2, -0.15) is 0 Å². The average Bonchev–Trinajstić information content (AvgIpc) is 2.68. The van der Waals surface area contributed by atoms with Crippen LogP contribution in [0.2, 0.25) is 0 Å². The fraction of sp³-hybridized carbons (Fsp3) is 0.615. The largest absolute Gasteiger partial charge is 0.330 e. The van der Waals surface area contributed by atoms with Gasteiger partial charge in [-0.15, -0.1) is 11.3 Å². The molecule has 0 aliphatic carbocycles. The van der Waals surface area contributed by atoms with Gasteiger partial charge in [0.05, 0.1) is 0 Å². The van der Waals surface area contributed by atoms with Crippen molar-refractivity contribution >= 4 is 17.1 Å². The minimum atomic E-state index is 0.318. The van der Waals surface area contributed by atoms with Crippen molar-refractivity contribution in [2.45, 2.75) is 33.1 Å². The molecule has 2 N–H and O–H groups in total. The highest BCUT2D eigenvalue weighted by Gasteiger charge is 2.14. The van der Waals surface area contributed by atoms with E-state index >= 15 is 0 Å². The Kier molecular flexibility index (Phi) is 5.71. The molecule has 0 amide bonds. The molecule has 3 heteroatoms. The summed E-state index contributed by atoms with van der Waals surface area (Å²) in [6, 6.07) is 4.00. The van der Waals surface area contributed by atoms with E-state index in [4.69, 9.17) is 5.73 Å². The van der Waals surface area contributed by atoms with Gasteiger partial charge in [0.1, 0.15) is 5.78 Å². The van der Waals surface area contributed by atoms with Crippen LogP contribution >= 0.6 is 11.3 Å². The van der Waals surface area contributed by atoms with E-state index in [-0.39, 0.29) is 0 Å². The molecule has 1 aromatic rings. The van der Waals surface area contributed by atoms with Crippen molar-refractivity contribution < 1.29 is 4.79 Å². The first kappa shape index (κ1) is 13.4. The molecule has 0 spiro atoms. The molecule has 1 rings (SSSR count). The topological polar surface area (TPSA) is 43.1 Å². The number of hydrogen-bond donors (Lipinski definition) is 1. The van der Waals surface area contributed by atoms with E-state index in [1.807, 2.05) is 17.5 Å². The van der Waals surface area contributed by atoms with Crippen molar-refractivity contribution in [2.24, 2.45) is 17.6 Å². The van der Waals surface area contributed by atoms with Crippen molar-refractivity contribution in [1.29, 1.82) is 0 Å². The molecule has 0 radical (unpaired) electrons. The second-order valence-electron chi connectivity index (χ2n) is 4.73. The summed E-state index contributed by atoms with van der Waals surface area (Å²) < 4.78 is 0. The number of hydrogen-bond acceptors (Lipinski definition) is 3. The maximum atomic E-state index is 11.8. The first-order valence-electron chi connectivity index (χ1n) is 5.86. The molecule has 0 saturated carbocycles. The van der Waals surface area contributed by atoms with Crippen LogP contribution in [-0.2, 0) is 11.2 Å². The Balaban J connectivity index is 2.37. The molecule has 0 bridgehead atoms. The number of rotatable bonds is 7. The molecule has 1 aromatic heterocycles. The van der Waals surface area contributed by atoms with E-state index < -0.39 is 0 Å². The normalized spacial score (nSPS) is 13.0. The first-order chi connectivity index (χ1) is 7.61. The van der Waals surface area contributed by atoms with E-state index in [2.05, 4.69) is 13.8 Å². The summed E-state index contributed by atoms with van der Waals surface area (Å²) in [5, 5.41) is 2.01. The van der Waals surface area contributed by atoms with Gasteiger partial charge in [0.15, 0.2) is 0 Å². The fourth-order valence-electron chi connectivity index (χ4n) is 1.93. The highest BCUT2D eigenvalue weighted by molar-refractivity contribution is 7.10. The third-order valence-electron chi connectivity index (χ3n) is 2.61. The zero-order valence-electron chi connectivity index (χ0n) is 10.1. The van der Waals surface area contributed by atoms with Crippen LogP contribution in [0.1, 0.15) is 31.6 Å². The van der Waals surface area contributed by atoms with Crippen LogP contribution in [0.3, 0.4) is 0 Å². The summed E-state index contributed by atoms with van der Waals surface area (Å²) in [4.78, 5) is 13.0. The van der Waals surface area contributed by atoms with Crippen molar-refractivity contribution in [3.8, 4) is 0 Å². The van der Waals surface area contributed by atoms with Gasteiger partial charge in [-0.1, -0.05) is 19.9 Å². The average molecular weight is 239 g/mol. The first-order valence-corrected chi connectivity index (χ1v) is 6.74. The number of carbonyl (C=O) groups excluding carboxylic acids is 1. The third-order valence-corrected chi connectivity index (χ3v) is 3.48. The highest BCUT2D eigenvalue weighted by atomic mass is 32.1. The van der Waals surface area contributed by atoms with Gasteiger partial charge in [0.25, 0.3) is 0 Å². The Morgan fingerprint density at radius 2 is 2.25 bits per heavy atom. The summed E-state index contributed by atoms with van der Waals surface area (Å²) in [6.07, 6.45) is 2.26. The number of Topliss-reactive ketones (excluding diaryl/α,β-unsaturated/α-hetero) is 1. The maximum Gasteiger partial charge on any atom is 0.138 e. The molecule has 0 saturated heterocycles. The summed E-state index contributed by atoms with van der Waals surface area (Å²) in [7, 11) is 0. The van der Waals surface area contributed by atoms with E-state index in [0.717, 1.165) is 11.3 Å². The molecule has 0 aromatic carbocycles. The van der Waals surface area contributed by atoms with E-state index in [1.54, 1.807) is 11.3 Å². The van der Waals surface area contributed by atoms with E-state index in [0.29, 0.717) is 37.0 Å². The van der Waals surface area contributed by atoms with Crippen LogP contribution in [0.15, 0.2) is 17.5 Å². The lowest BCUT2D eigenvalue weighted by atomic mass is 9.92. The molecule has 1 unspecified atom stereocenters. The summed E-state index contributed by atoms with van der Waals surface area (Å²) in [5.74, 6) is 1.29. The predicted molar refractivity (Wildman–Crippen MR) is 69.6 cm³/mol. The second-order valence-corrected chi connectivity index (χ2v) is 5.76. The van der Waals surface area contributed by atoms with Crippen LogP contribution in [0, 0.1) is 11.8 Å². The lowest BCUT2D eigenvalue weighted by molar-refractivity contribution is -0.119. The van der Waals surface area contributed by atoms with Gasteiger partial charge in [0.2, 0.25) is 0 Å². The number of carbonyl (C=O) groups is 1. The highest BCUT2D eigenvalue weighted by Crippen LogP contribution is 2.17. The molecule has 1 heterocycles. The van der Waals surface area contributed by atoms with Crippen LogP contribution in [-0.4, -0.2) is 12.3 Å². The summed E-state index contributed by atoms with van der Waals surface area (Å²) in [5.41, 5.74) is 5.69. The van der Waals surface area contributed by atoms with Crippen LogP contribution in [0.5, 0.6) is 0 Å². The third kappa shape index (κ3) is 4.90. The van der Waals surface area contributed by atoms with E-state index in [9.17, 15) is 4.79 Å². The minimum absolute atomic E-state index is 0.318. The van der Waals surface area contributed by atoms with Crippen molar-refractivity contribution in [3.63, 3.8) is 0 Å². The predicted octanol–water partition coefficient (Wildman–Crippen LogP) is 2.87. The standard InChI is InChI=1S/C13H21NOS/c1-10(2)6-11(9-14)7-12(15)8-13-4-3-5-16-13/h3-5,10-11H,6-9,14H2,1-2H3. The number of ketones is 1. The number of thiophene rings is 1. The van der Waals surface area contributed by atoms with Crippen LogP contribution in [0.4, 0.5) is 0 Å². The lowest BCUT2D eigenvalue weighted by Gasteiger charge is -2.15. The second kappa shape index (κ2) is 6.81. The van der Waals surface area contributed by atoms with Crippen LogP contribution in [0.25, 0.3) is 0 Å². The Hall–Kier alpha value is -0.670. The molecule has 0 aliphatic rings. The Morgan fingerprint density at radius 3 is 2.75 bits per heavy atom. The smallest absolute Gasteiger partial charge is 0.138 e. The Bertz CT molecular complexity index is 306. The SMILES string of the molecule is CC(C)CC(CN)CC(=O)Cc1cccs1. The Morgan fingerprint density at radius 1 is 1.50 bits per heavy atom. The van der Waals surface area contributed by atoms with Gasteiger partial charge in [-0.25, -0.2) is 0 Å². The zero-order valence-corrected chi connectivity index (χ0v) is 10.9. The van der Waals surface area contributed by atoms with Crippen molar-refractivity contribution in [3.05, 3.63) is 22.4 Å². The lowest BCUT2D eigenvalue weighted by Crippen LogP contribution is -2.20. The molecule has 0 aliphatic heterocycles. The van der Waals surface area contributed by atoms with Gasteiger partial charge in [-0.05, 0) is 36.2 Å². The molecule has 0 fully saturated rings. The Labute approximate surface area is 102 Å².